The molecule has 8 atom stereocenters. The third kappa shape index (κ3) is 4.54. The summed E-state index contributed by atoms with van der Waals surface area (Å²) in [4.78, 5) is 39.0. The number of fused-ring (bicyclic) bond motifs is 5. The van der Waals surface area contributed by atoms with Gasteiger partial charge >= 0.3 is 5.97 Å². The fourth-order valence-electron chi connectivity index (χ4n) is 9.00. The van der Waals surface area contributed by atoms with Crippen molar-refractivity contribution in [3.05, 3.63) is 77.8 Å². The number of carbonyl (C=O) groups excluding carboxylic acids is 3. The number of hydrogen-bond acceptors (Lipinski definition) is 9. The Morgan fingerprint density at radius 3 is 2.51 bits per heavy atom. The van der Waals surface area contributed by atoms with Crippen molar-refractivity contribution in [2.75, 3.05) is 6.61 Å². The minimum Gasteiger partial charge on any atom is -0.457 e. The van der Waals surface area contributed by atoms with Gasteiger partial charge in [0.15, 0.2) is 11.4 Å². The third-order valence-electron chi connectivity index (χ3n) is 11.2. The van der Waals surface area contributed by atoms with Crippen molar-refractivity contribution in [3.8, 4) is 0 Å². The van der Waals surface area contributed by atoms with Crippen LogP contribution in [0.5, 0.6) is 0 Å². The fraction of sp³-hybridized carbons (Fsp3) is 0.500. The summed E-state index contributed by atoms with van der Waals surface area (Å²) in [5.41, 5.74) is -2.14. The predicted molar refractivity (Wildman–Crippen MR) is 164 cm³/mol. The standard InChI is InChI=1S/C34H37ClO9S/c1-20-7-10-24(11-8-20)45(40,41)43-19-29(38)34(44-30(39)27-6-5-15-42-27)21(2)16-26-25-12-9-22-17-23(36)13-14-31(22,3)33(25,35)28(37)18-32(26,34)4/h5-8,10-11,13-15,17,21,25-26,28,37H,9,12,16,18-19H2,1-4H3/t21-,25+,26+,28+,31+,32+,33+,34+/m1/s1. The minimum absolute atomic E-state index is 0.0193. The Morgan fingerprint density at radius 2 is 1.84 bits per heavy atom. The third-order valence-corrected chi connectivity index (χ3v) is 13.4. The van der Waals surface area contributed by atoms with Crippen LogP contribution < -0.4 is 0 Å². The number of ketones is 2. The monoisotopic (exact) mass is 656 g/mol. The zero-order valence-electron chi connectivity index (χ0n) is 25.6. The zero-order valence-corrected chi connectivity index (χ0v) is 27.2. The lowest BCUT2D eigenvalue weighted by Crippen LogP contribution is -2.69. The van der Waals surface area contributed by atoms with E-state index in [9.17, 15) is 27.9 Å². The first-order valence-corrected chi connectivity index (χ1v) is 17.0. The van der Waals surface area contributed by atoms with Crippen molar-refractivity contribution in [3.63, 3.8) is 0 Å². The second kappa shape index (κ2) is 10.8. The Hall–Kier alpha value is -3.05. The van der Waals surface area contributed by atoms with E-state index in [1.54, 1.807) is 31.2 Å². The van der Waals surface area contributed by atoms with Gasteiger partial charge in [-0.05, 0) is 80.9 Å². The number of esters is 1. The summed E-state index contributed by atoms with van der Waals surface area (Å²) in [7, 11) is -4.32. The Bertz CT molecular complexity index is 1710. The highest BCUT2D eigenvalue weighted by atomic mass is 35.5. The van der Waals surface area contributed by atoms with Gasteiger partial charge in [-0.2, -0.15) is 8.42 Å². The van der Waals surface area contributed by atoms with Crippen LogP contribution in [-0.2, 0) is 28.6 Å². The number of aliphatic hydroxyl groups is 1. The van der Waals surface area contributed by atoms with Gasteiger partial charge in [0.05, 0.1) is 22.1 Å². The van der Waals surface area contributed by atoms with Gasteiger partial charge in [-0.15, -0.1) is 11.6 Å². The number of carbonyl (C=O) groups is 3. The number of aliphatic hydroxyl groups excluding tert-OH is 1. The molecule has 6 rings (SSSR count). The predicted octanol–water partition coefficient (Wildman–Crippen LogP) is 5.34. The molecule has 3 fully saturated rings. The molecule has 0 radical (unpaired) electrons. The first-order valence-electron chi connectivity index (χ1n) is 15.2. The molecule has 9 nitrogen and oxygen atoms in total. The lowest BCUT2D eigenvalue weighted by Gasteiger charge is -2.64. The van der Waals surface area contributed by atoms with Crippen molar-refractivity contribution < 1.29 is 41.2 Å². The number of halogens is 1. The summed E-state index contributed by atoms with van der Waals surface area (Å²) in [6, 6.07) is 8.99. The molecule has 0 spiro atoms. The maximum absolute atomic E-state index is 14.5. The fourth-order valence-corrected chi connectivity index (χ4v) is 10.4. The van der Waals surface area contributed by atoms with Crippen LogP contribution in [0.4, 0.5) is 0 Å². The van der Waals surface area contributed by atoms with Crippen molar-refractivity contribution in [1.82, 2.24) is 0 Å². The Labute approximate surface area is 267 Å². The number of alkyl halides is 1. The second-order valence-corrected chi connectivity index (χ2v) is 15.7. The molecule has 0 amide bonds. The van der Waals surface area contributed by atoms with Crippen molar-refractivity contribution in [2.45, 2.75) is 74.9 Å². The molecule has 1 N–H and O–H groups in total. The highest BCUT2D eigenvalue weighted by molar-refractivity contribution is 7.86. The normalized spacial score (nSPS) is 37.3. The topological polar surface area (TPSA) is 137 Å². The molecular weight excluding hydrogens is 620 g/mol. The molecule has 3 saturated carbocycles. The van der Waals surface area contributed by atoms with E-state index < -0.39 is 61.8 Å². The molecule has 4 aliphatic rings. The van der Waals surface area contributed by atoms with Gasteiger partial charge in [0.25, 0.3) is 10.1 Å². The smallest absolute Gasteiger partial charge is 0.375 e. The molecule has 1 heterocycles. The summed E-state index contributed by atoms with van der Waals surface area (Å²) < 4.78 is 43.0. The summed E-state index contributed by atoms with van der Waals surface area (Å²) >= 11 is 7.56. The van der Waals surface area contributed by atoms with Crippen molar-refractivity contribution in [2.24, 2.45) is 28.6 Å². The van der Waals surface area contributed by atoms with E-state index in [1.165, 1.54) is 36.6 Å². The maximum atomic E-state index is 14.5. The van der Waals surface area contributed by atoms with Gasteiger partial charge in [-0.3, -0.25) is 13.8 Å². The number of furan rings is 1. The first-order chi connectivity index (χ1) is 21.1. The van der Waals surface area contributed by atoms with Crippen LogP contribution in [0.1, 0.15) is 62.6 Å². The van der Waals surface area contributed by atoms with Gasteiger partial charge in [0.1, 0.15) is 6.61 Å². The number of Topliss-reactive ketones (excluding diaryl/α,β-unsaturated/α-hetero) is 1. The Morgan fingerprint density at radius 1 is 1.13 bits per heavy atom. The maximum Gasteiger partial charge on any atom is 0.375 e. The molecule has 240 valence electrons. The van der Waals surface area contributed by atoms with Crippen LogP contribution in [0.15, 0.2) is 75.8 Å². The molecule has 2 aromatic rings. The van der Waals surface area contributed by atoms with E-state index in [4.69, 9.17) is 24.9 Å². The highest BCUT2D eigenvalue weighted by Gasteiger charge is 2.76. The van der Waals surface area contributed by atoms with Crippen LogP contribution in [0.3, 0.4) is 0 Å². The lowest BCUT2D eigenvalue weighted by atomic mass is 9.45. The van der Waals surface area contributed by atoms with E-state index in [2.05, 4.69) is 0 Å². The highest BCUT2D eigenvalue weighted by Crippen LogP contribution is 2.72. The molecule has 1 aromatic heterocycles. The van der Waals surface area contributed by atoms with Gasteiger partial charge in [0.2, 0.25) is 11.5 Å². The summed E-state index contributed by atoms with van der Waals surface area (Å²) in [6.45, 7) is 6.48. The molecule has 11 heteroatoms. The van der Waals surface area contributed by atoms with E-state index >= 15 is 0 Å². The minimum atomic E-state index is -4.32. The van der Waals surface area contributed by atoms with Crippen LogP contribution >= 0.6 is 11.6 Å². The second-order valence-electron chi connectivity index (χ2n) is 13.5. The Balaban J connectivity index is 1.40. The van der Waals surface area contributed by atoms with Crippen molar-refractivity contribution in [1.29, 1.82) is 0 Å². The number of rotatable bonds is 7. The number of ether oxygens (including phenoxy) is 1. The molecule has 0 unspecified atom stereocenters. The molecule has 1 aromatic carbocycles. The number of hydrogen-bond donors (Lipinski definition) is 1. The molecule has 0 bridgehead atoms. The van der Waals surface area contributed by atoms with Crippen molar-refractivity contribution >= 4 is 39.3 Å². The van der Waals surface area contributed by atoms with Gasteiger partial charge in [0, 0.05) is 16.7 Å². The average molecular weight is 657 g/mol. The molecule has 0 saturated heterocycles. The van der Waals surface area contributed by atoms with Crippen LogP contribution in [0.25, 0.3) is 0 Å². The van der Waals surface area contributed by atoms with Gasteiger partial charge in [-0.25, -0.2) is 4.79 Å². The SMILES string of the molecule is Cc1ccc(S(=O)(=O)OCC(=O)[C@@]2(OC(=O)c3ccco3)[C@H](C)C[C@H]3[C@@H]4CCC5=CC(=O)C=C[C@]5(C)[C@@]4(Cl)[C@@H](O)C[C@@]32C)cc1. The van der Waals surface area contributed by atoms with Crippen LogP contribution in [-0.4, -0.2) is 54.2 Å². The largest absolute Gasteiger partial charge is 0.457 e. The Kier molecular flexibility index (Phi) is 7.63. The number of allylic oxidation sites excluding steroid dienone is 4. The summed E-state index contributed by atoms with van der Waals surface area (Å²) in [6.07, 6.45) is 6.53. The summed E-state index contributed by atoms with van der Waals surface area (Å²) in [5.74, 6) is -3.07. The van der Waals surface area contributed by atoms with E-state index in [-0.39, 0.29) is 34.7 Å². The lowest BCUT2D eigenvalue weighted by molar-refractivity contribution is -0.180. The number of aryl methyl sites for hydroxylation is 1. The quantitative estimate of drug-likeness (QED) is 0.238. The molecule has 0 aliphatic heterocycles. The first kappa shape index (κ1) is 31.9. The summed E-state index contributed by atoms with van der Waals surface area (Å²) in [5, 5.41) is 12.0. The van der Waals surface area contributed by atoms with E-state index in [1.807, 2.05) is 20.8 Å². The zero-order chi connectivity index (χ0) is 32.6. The van der Waals surface area contributed by atoms with E-state index in [0.29, 0.717) is 19.3 Å². The molecule has 45 heavy (non-hydrogen) atoms. The number of benzene rings is 1. The molecule has 4 aliphatic carbocycles. The molecular formula is C34H37ClO9S. The van der Waals surface area contributed by atoms with Crippen LogP contribution in [0.2, 0.25) is 0 Å². The van der Waals surface area contributed by atoms with E-state index in [0.717, 1.165) is 11.1 Å². The van der Waals surface area contributed by atoms with Gasteiger partial charge < -0.3 is 14.3 Å². The van der Waals surface area contributed by atoms with Gasteiger partial charge in [-0.1, -0.05) is 50.1 Å². The average Bonchev–Trinajstić information content (AvgIpc) is 3.60. The van der Waals surface area contributed by atoms with Crippen LogP contribution in [0, 0.1) is 35.5 Å².